The van der Waals surface area contributed by atoms with Crippen molar-refractivity contribution in [3.05, 3.63) is 231 Å². The molecule has 0 amide bonds. The lowest BCUT2D eigenvalue weighted by Gasteiger charge is -2.22. The van der Waals surface area contributed by atoms with Gasteiger partial charge in [-0.25, -0.2) is 0 Å². The molecule has 298 valence electrons. The molecular weight excluding hydrogens is 777 g/mol. The first-order valence-corrected chi connectivity index (χ1v) is 22.0. The van der Waals surface area contributed by atoms with E-state index in [9.17, 15) is 0 Å². The largest absolute Gasteiger partial charge is 0.307 e. The molecule has 0 saturated carbocycles. The summed E-state index contributed by atoms with van der Waals surface area (Å²) in [6.07, 6.45) is 0. The third-order valence-electron chi connectivity index (χ3n) is 13.5. The summed E-state index contributed by atoms with van der Waals surface area (Å²) in [5, 5.41) is 9.76. The van der Waals surface area contributed by atoms with Crippen molar-refractivity contribution in [1.82, 2.24) is 18.3 Å². The van der Waals surface area contributed by atoms with Gasteiger partial charge in [0.1, 0.15) is 0 Å². The molecule has 0 atom stereocenters. The lowest BCUT2D eigenvalue weighted by molar-refractivity contribution is 1.12. The molecule has 4 heterocycles. The summed E-state index contributed by atoms with van der Waals surface area (Å²) in [6.45, 7) is 0. The van der Waals surface area contributed by atoms with Crippen molar-refractivity contribution in [3.8, 4) is 33.9 Å². The summed E-state index contributed by atoms with van der Waals surface area (Å²) in [6, 6.07) is 84.7. The van der Waals surface area contributed by atoms with E-state index in [1.807, 2.05) is 0 Å². The van der Waals surface area contributed by atoms with E-state index in [2.05, 4.69) is 249 Å². The van der Waals surface area contributed by atoms with Gasteiger partial charge in [-0.05, 0) is 60.7 Å². The summed E-state index contributed by atoms with van der Waals surface area (Å²) < 4.78 is 10.1. The van der Waals surface area contributed by atoms with E-state index < -0.39 is 0 Å². The molecule has 14 aromatic rings. The van der Waals surface area contributed by atoms with Gasteiger partial charge in [0, 0.05) is 65.6 Å². The van der Waals surface area contributed by atoms with E-state index >= 15 is 0 Å². The fourth-order valence-corrected chi connectivity index (χ4v) is 11.0. The van der Waals surface area contributed by atoms with E-state index in [1.54, 1.807) is 0 Å². The lowest BCUT2D eigenvalue weighted by Crippen LogP contribution is -2.06. The predicted octanol–water partition coefficient (Wildman–Crippen LogP) is 15.7. The van der Waals surface area contributed by atoms with Gasteiger partial charge in [0.15, 0.2) is 0 Å². The monoisotopic (exact) mass is 814 g/mol. The average molecular weight is 815 g/mol. The van der Waals surface area contributed by atoms with Crippen molar-refractivity contribution in [3.63, 3.8) is 0 Å². The van der Waals surface area contributed by atoms with Crippen LogP contribution in [0.2, 0.25) is 0 Å². The highest BCUT2D eigenvalue weighted by Gasteiger charge is 2.28. The van der Waals surface area contributed by atoms with E-state index in [0.717, 1.165) is 44.9 Å². The van der Waals surface area contributed by atoms with E-state index in [-0.39, 0.29) is 0 Å². The first-order chi connectivity index (χ1) is 31.8. The normalized spacial score (nSPS) is 12.1. The molecule has 64 heavy (non-hydrogen) atoms. The van der Waals surface area contributed by atoms with Crippen molar-refractivity contribution in [2.45, 2.75) is 0 Å². The lowest BCUT2D eigenvalue weighted by atomic mass is 9.96. The fourth-order valence-electron chi connectivity index (χ4n) is 11.0. The van der Waals surface area contributed by atoms with Crippen molar-refractivity contribution in [2.24, 2.45) is 0 Å². The summed E-state index contributed by atoms with van der Waals surface area (Å²) in [5.74, 6) is 0. The number of aromatic nitrogens is 4. The van der Waals surface area contributed by atoms with Gasteiger partial charge in [-0.3, -0.25) is 0 Å². The molecule has 4 aromatic heterocycles. The molecule has 0 N–H and O–H groups in total. The highest BCUT2D eigenvalue weighted by molar-refractivity contribution is 6.20. The van der Waals surface area contributed by atoms with Crippen LogP contribution >= 0.6 is 0 Å². The SMILES string of the molecule is c1ccc(-n2c3ccccc3c3ccc(-c4ccc5c6ccccc6n(-c6ccccc6)c5c4-n4c5ccccc5c5ccccc54)c(-n4c5ccccc5c5ccccc54)c32)cc1. The smallest absolute Gasteiger partial charge is 0.0789 e. The van der Waals surface area contributed by atoms with E-state index in [4.69, 9.17) is 0 Å². The number of nitrogens with zero attached hydrogens (tertiary/aromatic N) is 4. The first-order valence-electron chi connectivity index (χ1n) is 22.0. The van der Waals surface area contributed by atoms with Crippen LogP contribution in [0, 0.1) is 0 Å². The van der Waals surface area contributed by atoms with Crippen molar-refractivity contribution >= 4 is 87.2 Å². The van der Waals surface area contributed by atoms with Crippen molar-refractivity contribution in [1.29, 1.82) is 0 Å². The van der Waals surface area contributed by atoms with Crippen LogP contribution in [0.5, 0.6) is 0 Å². The van der Waals surface area contributed by atoms with Crippen LogP contribution in [0.4, 0.5) is 0 Å². The Labute approximate surface area is 368 Å². The molecule has 0 fully saturated rings. The van der Waals surface area contributed by atoms with Crippen LogP contribution in [0.3, 0.4) is 0 Å². The molecule has 0 aliphatic rings. The van der Waals surface area contributed by atoms with Gasteiger partial charge in [-0.15, -0.1) is 0 Å². The Kier molecular flexibility index (Phi) is 7.36. The zero-order valence-corrected chi connectivity index (χ0v) is 34.7. The Bertz CT molecular complexity index is 3800. The molecule has 0 spiro atoms. The van der Waals surface area contributed by atoms with Gasteiger partial charge < -0.3 is 18.3 Å². The van der Waals surface area contributed by atoms with Gasteiger partial charge in [0.05, 0.1) is 55.5 Å². The zero-order valence-electron chi connectivity index (χ0n) is 34.7. The van der Waals surface area contributed by atoms with Gasteiger partial charge in [0.25, 0.3) is 0 Å². The molecular formula is C60H38N4. The van der Waals surface area contributed by atoms with Crippen LogP contribution in [0.25, 0.3) is 121 Å². The van der Waals surface area contributed by atoms with Gasteiger partial charge in [-0.1, -0.05) is 170 Å². The molecule has 0 unspecified atom stereocenters. The number of hydrogen-bond acceptors (Lipinski definition) is 0. The zero-order chi connectivity index (χ0) is 41.9. The van der Waals surface area contributed by atoms with Crippen LogP contribution in [-0.2, 0) is 0 Å². The minimum Gasteiger partial charge on any atom is -0.307 e. The minimum absolute atomic E-state index is 1.12. The molecule has 4 nitrogen and oxygen atoms in total. The third kappa shape index (κ3) is 4.77. The molecule has 0 radical (unpaired) electrons. The molecule has 0 aliphatic heterocycles. The summed E-state index contributed by atoms with van der Waals surface area (Å²) in [4.78, 5) is 0. The maximum atomic E-state index is 2.55. The van der Waals surface area contributed by atoms with Crippen LogP contribution in [0.15, 0.2) is 231 Å². The highest BCUT2D eigenvalue weighted by atomic mass is 15.1. The fraction of sp³-hybridized carbons (Fsp3) is 0. The van der Waals surface area contributed by atoms with Crippen LogP contribution in [0.1, 0.15) is 0 Å². The van der Waals surface area contributed by atoms with Crippen molar-refractivity contribution < 1.29 is 0 Å². The Morgan fingerprint density at radius 1 is 0.188 bits per heavy atom. The summed E-state index contributed by atoms with van der Waals surface area (Å²) in [5.41, 5.74) is 16.1. The first kappa shape index (κ1) is 35.0. The van der Waals surface area contributed by atoms with Gasteiger partial charge in [-0.2, -0.15) is 0 Å². The maximum absolute atomic E-state index is 2.55. The molecule has 0 saturated heterocycles. The Hall–Kier alpha value is -8.60. The number of fused-ring (bicyclic) bond motifs is 12. The number of para-hydroxylation sites is 8. The molecule has 0 bridgehead atoms. The Balaban J connectivity index is 1.27. The second-order valence-electron chi connectivity index (χ2n) is 16.8. The molecule has 10 aromatic carbocycles. The van der Waals surface area contributed by atoms with Gasteiger partial charge in [0.2, 0.25) is 0 Å². The topological polar surface area (TPSA) is 19.7 Å². The number of rotatable bonds is 5. The predicted molar refractivity (Wildman–Crippen MR) is 269 cm³/mol. The van der Waals surface area contributed by atoms with Crippen LogP contribution in [-0.4, -0.2) is 18.3 Å². The van der Waals surface area contributed by atoms with Crippen LogP contribution < -0.4 is 0 Å². The molecule has 4 heteroatoms. The standard InChI is InChI=1S/C60H38N4/c1-3-19-39(20-4-1)61-51-29-13-11-27-45(51)47-35-37-49(59(57(47)61)63-53-31-15-7-23-41(53)42-24-8-16-32-54(42)63)50-38-36-48-46-28-12-14-30-52(46)62(40-21-5-2-6-22-40)58(48)60(50)64-55-33-17-9-25-43(55)44-26-10-18-34-56(44)64/h1-38H. The third-order valence-corrected chi connectivity index (χ3v) is 13.5. The van der Waals surface area contributed by atoms with E-state index in [0.29, 0.717) is 0 Å². The Morgan fingerprint density at radius 3 is 0.750 bits per heavy atom. The maximum Gasteiger partial charge on any atom is 0.0789 e. The average Bonchev–Trinajstić information content (AvgIpc) is 4.09. The molecule has 14 rings (SSSR count). The summed E-state index contributed by atoms with van der Waals surface area (Å²) in [7, 11) is 0. The summed E-state index contributed by atoms with van der Waals surface area (Å²) >= 11 is 0. The number of benzene rings is 10. The minimum atomic E-state index is 1.12. The van der Waals surface area contributed by atoms with Crippen molar-refractivity contribution in [2.75, 3.05) is 0 Å². The van der Waals surface area contributed by atoms with E-state index in [1.165, 1.54) is 76.2 Å². The quantitative estimate of drug-likeness (QED) is 0.165. The second-order valence-corrected chi connectivity index (χ2v) is 16.8. The Morgan fingerprint density at radius 2 is 0.438 bits per heavy atom. The highest BCUT2D eigenvalue weighted by Crippen LogP contribution is 2.49. The second kappa shape index (κ2) is 13.4. The molecule has 0 aliphatic carbocycles. The van der Waals surface area contributed by atoms with Gasteiger partial charge >= 0.3 is 0 Å². The number of hydrogen-bond donors (Lipinski definition) is 0.